The summed E-state index contributed by atoms with van der Waals surface area (Å²) in [5.74, 6) is 0.520. The Morgan fingerprint density at radius 1 is 1.21 bits per heavy atom. The molecule has 3 aromatic heterocycles. The standard InChI is InChI=1S/C12H12N6S/c1-7-5-8(2)16-12(15-7)18-6-9(13)10(17-18)11-14-3-4-19-11/h3-6H,13H2,1-2H3. The van der Waals surface area contributed by atoms with E-state index in [0.717, 1.165) is 16.4 Å². The van der Waals surface area contributed by atoms with Crippen molar-refractivity contribution in [3.05, 3.63) is 35.2 Å². The number of hydrogen-bond donors (Lipinski definition) is 1. The van der Waals surface area contributed by atoms with E-state index in [1.54, 1.807) is 17.1 Å². The van der Waals surface area contributed by atoms with Gasteiger partial charge in [0.05, 0.1) is 11.9 Å². The fourth-order valence-electron chi connectivity index (χ4n) is 1.81. The third-order valence-corrected chi connectivity index (χ3v) is 3.33. The highest BCUT2D eigenvalue weighted by Crippen LogP contribution is 2.26. The van der Waals surface area contributed by atoms with E-state index in [4.69, 9.17) is 5.73 Å². The molecule has 3 heterocycles. The molecule has 0 radical (unpaired) electrons. The molecule has 7 heteroatoms. The van der Waals surface area contributed by atoms with Gasteiger partial charge in [0, 0.05) is 23.0 Å². The summed E-state index contributed by atoms with van der Waals surface area (Å²) in [7, 11) is 0. The lowest BCUT2D eigenvalue weighted by molar-refractivity contribution is 0.796. The Balaban J connectivity index is 2.09. The largest absolute Gasteiger partial charge is 0.396 e. The molecule has 2 N–H and O–H groups in total. The minimum Gasteiger partial charge on any atom is -0.396 e. The number of aromatic nitrogens is 5. The minimum absolute atomic E-state index is 0.520. The monoisotopic (exact) mass is 272 g/mol. The Kier molecular flexibility index (Phi) is 2.75. The van der Waals surface area contributed by atoms with Gasteiger partial charge in [0.2, 0.25) is 0 Å². The van der Waals surface area contributed by atoms with E-state index in [-0.39, 0.29) is 0 Å². The third kappa shape index (κ3) is 2.19. The molecule has 96 valence electrons. The fourth-order valence-corrected chi connectivity index (χ4v) is 2.45. The van der Waals surface area contributed by atoms with E-state index < -0.39 is 0 Å². The van der Waals surface area contributed by atoms with Gasteiger partial charge in [-0.15, -0.1) is 11.3 Å². The summed E-state index contributed by atoms with van der Waals surface area (Å²) in [5, 5.41) is 7.10. The fraction of sp³-hybridized carbons (Fsp3) is 0.167. The molecule has 3 aromatic rings. The number of nitrogen functional groups attached to an aromatic ring is 1. The van der Waals surface area contributed by atoms with Crippen molar-refractivity contribution < 1.29 is 0 Å². The second-order valence-electron chi connectivity index (χ2n) is 4.17. The van der Waals surface area contributed by atoms with Crippen LogP contribution in [-0.4, -0.2) is 24.7 Å². The Labute approximate surface area is 114 Å². The van der Waals surface area contributed by atoms with E-state index in [1.807, 2.05) is 25.3 Å². The average Bonchev–Trinajstić information content (AvgIpc) is 2.96. The molecule has 3 rings (SSSR count). The summed E-state index contributed by atoms with van der Waals surface area (Å²) >= 11 is 1.50. The van der Waals surface area contributed by atoms with E-state index in [9.17, 15) is 0 Å². The Morgan fingerprint density at radius 3 is 2.58 bits per heavy atom. The second-order valence-corrected chi connectivity index (χ2v) is 5.06. The molecule has 0 unspecified atom stereocenters. The van der Waals surface area contributed by atoms with Crippen LogP contribution in [0.5, 0.6) is 0 Å². The number of thiazole rings is 1. The molecule has 0 aliphatic rings. The highest BCUT2D eigenvalue weighted by Gasteiger charge is 2.13. The predicted octanol–water partition coefficient (Wildman–Crippen LogP) is 1.98. The van der Waals surface area contributed by atoms with Crippen LogP contribution in [0.3, 0.4) is 0 Å². The maximum atomic E-state index is 5.97. The predicted molar refractivity (Wildman–Crippen MR) is 74.1 cm³/mol. The number of anilines is 1. The Hall–Kier alpha value is -2.28. The SMILES string of the molecule is Cc1cc(C)nc(-n2cc(N)c(-c3nccs3)n2)n1. The molecule has 0 bridgehead atoms. The molecule has 0 aromatic carbocycles. The molecular weight excluding hydrogens is 260 g/mol. The lowest BCUT2D eigenvalue weighted by Crippen LogP contribution is -2.04. The highest BCUT2D eigenvalue weighted by molar-refractivity contribution is 7.13. The third-order valence-electron chi connectivity index (χ3n) is 2.55. The molecular formula is C12H12N6S. The summed E-state index contributed by atoms with van der Waals surface area (Å²) in [6, 6.07) is 1.91. The van der Waals surface area contributed by atoms with Crippen LogP contribution in [-0.2, 0) is 0 Å². The smallest absolute Gasteiger partial charge is 0.251 e. The van der Waals surface area contributed by atoms with Gasteiger partial charge in [-0.25, -0.2) is 19.6 Å². The zero-order chi connectivity index (χ0) is 13.4. The van der Waals surface area contributed by atoms with Gasteiger partial charge >= 0.3 is 0 Å². The number of aryl methyl sites for hydroxylation is 2. The summed E-state index contributed by atoms with van der Waals surface area (Å²) < 4.78 is 1.59. The molecule has 0 aliphatic heterocycles. The number of nitrogens with two attached hydrogens (primary N) is 1. The van der Waals surface area contributed by atoms with Crippen LogP contribution in [0.15, 0.2) is 23.8 Å². The van der Waals surface area contributed by atoms with Gasteiger partial charge in [-0.3, -0.25) is 0 Å². The van der Waals surface area contributed by atoms with Gasteiger partial charge in [0.25, 0.3) is 5.95 Å². The first-order chi connectivity index (χ1) is 9.13. The first kappa shape index (κ1) is 11.8. The van der Waals surface area contributed by atoms with E-state index in [0.29, 0.717) is 17.3 Å². The Morgan fingerprint density at radius 2 is 1.95 bits per heavy atom. The van der Waals surface area contributed by atoms with Crippen molar-refractivity contribution in [3.8, 4) is 16.6 Å². The molecule has 0 amide bonds. The molecule has 0 saturated carbocycles. The zero-order valence-electron chi connectivity index (χ0n) is 10.5. The lowest BCUT2D eigenvalue weighted by atomic mass is 10.4. The van der Waals surface area contributed by atoms with Crippen molar-refractivity contribution >= 4 is 17.0 Å². The summed E-state index contributed by atoms with van der Waals surface area (Å²) in [5.41, 5.74) is 9.00. The highest BCUT2D eigenvalue weighted by atomic mass is 32.1. The molecule has 0 fully saturated rings. The van der Waals surface area contributed by atoms with Crippen molar-refractivity contribution in [2.24, 2.45) is 0 Å². The molecule has 0 saturated heterocycles. The van der Waals surface area contributed by atoms with Crippen LogP contribution >= 0.6 is 11.3 Å². The van der Waals surface area contributed by atoms with E-state index in [2.05, 4.69) is 20.1 Å². The van der Waals surface area contributed by atoms with Crippen molar-refractivity contribution in [2.75, 3.05) is 5.73 Å². The quantitative estimate of drug-likeness (QED) is 0.771. The number of nitrogens with zero attached hydrogens (tertiary/aromatic N) is 5. The first-order valence-electron chi connectivity index (χ1n) is 5.71. The average molecular weight is 272 g/mol. The van der Waals surface area contributed by atoms with Crippen molar-refractivity contribution in [1.82, 2.24) is 24.7 Å². The molecule has 0 atom stereocenters. The van der Waals surface area contributed by atoms with Gasteiger partial charge in [-0.2, -0.15) is 5.10 Å². The maximum absolute atomic E-state index is 5.97. The molecule has 6 nitrogen and oxygen atoms in total. The number of hydrogen-bond acceptors (Lipinski definition) is 6. The van der Waals surface area contributed by atoms with Crippen LogP contribution in [0, 0.1) is 13.8 Å². The Bertz CT molecular complexity index is 696. The van der Waals surface area contributed by atoms with Gasteiger partial charge < -0.3 is 5.73 Å². The van der Waals surface area contributed by atoms with Crippen molar-refractivity contribution in [2.45, 2.75) is 13.8 Å². The van der Waals surface area contributed by atoms with Crippen LogP contribution in [0.4, 0.5) is 5.69 Å². The van der Waals surface area contributed by atoms with Crippen LogP contribution in [0.2, 0.25) is 0 Å². The molecule has 0 spiro atoms. The zero-order valence-corrected chi connectivity index (χ0v) is 11.3. The van der Waals surface area contributed by atoms with Gasteiger partial charge in [0.1, 0.15) is 10.7 Å². The molecule has 19 heavy (non-hydrogen) atoms. The van der Waals surface area contributed by atoms with Gasteiger partial charge in [-0.1, -0.05) is 0 Å². The number of rotatable bonds is 2. The maximum Gasteiger partial charge on any atom is 0.251 e. The van der Waals surface area contributed by atoms with Crippen LogP contribution in [0.1, 0.15) is 11.4 Å². The minimum atomic E-state index is 0.520. The topological polar surface area (TPSA) is 82.5 Å². The summed E-state index contributed by atoms with van der Waals surface area (Å²) in [6.45, 7) is 3.85. The molecule has 0 aliphatic carbocycles. The second kappa shape index (κ2) is 4.43. The lowest BCUT2D eigenvalue weighted by Gasteiger charge is -2.01. The normalized spacial score (nSPS) is 10.8. The summed E-state index contributed by atoms with van der Waals surface area (Å²) in [4.78, 5) is 12.9. The van der Waals surface area contributed by atoms with Crippen molar-refractivity contribution in [3.63, 3.8) is 0 Å². The summed E-state index contributed by atoms with van der Waals surface area (Å²) in [6.07, 6.45) is 3.44. The van der Waals surface area contributed by atoms with Gasteiger partial charge in [0.15, 0.2) is 0 Å². The van der Waals surface area contributed by atoms with E-state index in [1.165, 1.54) is 11.3 Å². The first-order valence-corrected chi connectivity index (χ1v) is 6.59. The van der Waals surface area contributed by atoms with Crippen molar-refractivity contribution in [1.29, 1.82) is 0 Å². The van der Waals surface area contributed by atoms with Crippen LogP contribution in [0.25, 0.3) is 16.6 Å². The van der Waals surface area contributed by atoms with Gasteiger partial charge in [-0.05, 0) is 19.9 Å². The van der Waals surface area contributed by atoms with Crippen LogP contribution < -0.4 is 5.73 Å². The van der Waals surface area contributed by atoms with E-state index >= 15 is 0 Å².